The predicted molar refractivity (Wildman–Crippen MR) is 96.6 cm³/mol. The number of carbonyl (C=O) groups is 2. The van der Waals surface area contributed by atoms with Crippen molar-refractivity contribution < 1.29 is 14.3 Å². The molecule has 2 atom stereocenters. The van der Waals surface area contributed by atoms with Crippen molar-refractivity contribution in [1.82, 2.24) is 10.2 Å². The SMILES string of the molecule is C=C(C)COc1cccc(NC(=O)N2C[C@@H]3CCC[C@H](C2)C(=O)N3)c1. The first kappa shape index (κ1) is 17.3. The lowest BCUT2D eigenvalue weighted by Gasteiger charge is -2.27. The molecule has 134 valence electrons. The Balaban J connectivity index is 1.65. The van der Waals surface area contributed by atoms with E-state index in [2.05, 4.69) is 17.2 Å². The summed E-state index contributed by atoms with van der Waals surface area (Å²) in [6, 6.07) is 7.18. The molecule has 25 heavy (non-hydrogen) atoms. The molecule has 2 bridgehead atoms. The molecule has 6 nitrogen and oxygen atoms in total. The van der Waals surface area contributed by atoms with Gasteiger partial charge in [-0.3, -0.25) is 4.79 Å². The Kier molecular flexibility index (Phi) is 5.26. The summed E-state index contributed by atoms with van der Waals surface area (Å²) in [6.45, 7) is 7.18. The van der Waals surface area contributed by atoms with Crippen molar-refractivity contribution in [3.63, 3.8) is 0 Å². The molecule has 1 aromatic carbocycles. The van der Waals surface area contributed by atoms with E-state index in [1.165, 1.54) is 0 Å². The molecule has 3 rings (SSSR count). The zero-order valence-electron chi connectivity index (χ0n) is 14.6. The number of benzene rings is 1. The maximum atomic E-state index is 12.7. The topological polar surface area (TPSA) is 70.7 Å². The molecule has 3 amide bonds. The minimum atomic E-state index is -0.176. The smallest absolute Gasteiger partial charge is 0.321 e. The normalized spacial score (nSPS) is 22.6. The Morgan fingerprint density at radius 3 is 3.04 bits per heavy atom. The lowest BCUT2D eigenvalue weighted by Crippen LogP contribution is -2.43. The number of nitrogens with zero attached hydrogens (tertiary/aromatic N) is 1. The van der Waals surface area contributed by atoms with Gasteiger partial charge in [0.25, 0.3) is 0 Å². The number of amides is 3. The van der Waals surface area contributed by atoms with Gasteiger partial charge < -0.3 is 20.3 Å². The van der Waals surface area contributed by atoms with Crippen LogP contribution in [0.5, 0.6) is 5.75 Å². The minimum Gasteiger partial charge on any atom is -0.489 e. The fourth-order valence-corrected chi connectivity index (χ4v) is 3.29. The molecule has 1 aromatic rings. The molecule has 2 heterocycles. The van der Waals surface area contributed by atoms with Crippen LogP contribution in [0.1, 0.15) is 26.2 Å². The molecule has 0 radical (unpaired) electrons. The summed E-state index contributed by atoms with van der Waals surface area (Å²) >= 11 is 0. The van der Waals surface area contributed by atoms with Crippen LogP contribution in [0.2, 0.25) is 0 Å². The minimum absolute atomic E-state index is 0.0518. The zero-order chi connectivity index (χ0) is 17.8. The van der Waals surface area contributed by atoms with Crippen LogP contribution in [-0.4, -0.2) is 42.6 Å². The second-order valence-electron chi connectivity index (χ2n) is 6.94. The van der Waals surface area contributed by atoms with E-state index in [1.54, 1.807) is 11.0 Å². The van der Waals surface area contributed by atoms with E-state index in [9.17, 15) is 9.59 Å². The third-order valence-corrected chi connectivity index (χ3v) is 4.56. The molecule has 2 aliphatic rings. The van der Waals surface area contributed by atoms with Crippen LogP contribution in [0.15, 0.2) is 36.4 Å². The molecule has 0 aliphatic carbocycles. The number of urea groups is 1. The third kappa shape index (κ3) is 4.53. The standard InChI is InChI=1S/C19H25N3O3/c1-13(2)12-25-17-8-4-6-15(9-17)21-19(24)22-10-14-5-3-7-16(11-22)20-18(14)23/h4,6,8-9,14,16H,1,3,5,7,10-12H2,2H3,(H,20,23)(H,21,24)/t14-,16+/m1/s1. The van der Waals surface area contributed by atoms with E-state index in [1.807, 2.05) is 25.1 Å². The Hall–Kier alpha value is -2.50. The lowest BCUT2D eigenvalue weighted by atomic mass is 9.99. The van der Waals surface area contributed by atoms with Crippen molar-refractivity contribution in [2.75, 3.05) is 25.0 Å². The number of ether oxygens (including phenoxy) is 1. The molecule has 0 saturated carbocycles. The Bertz CT molecular complexity index is 674. The molecule has 2 aliphatic heterocycles. The average Bonchev–Trinajstić information content (AvgIpc) is 2.81. The number of anilines is 1. The fourth-order valence-electron chi connectivity index (χ4n) is 3.29. The number of nitrogens with one attached hydrogen (secondary N) is 2. The van der Waals surface area contributed by atoms with Gasteiger partial charge in [-0.1, -0.05) is 19.1 Å². The number of likely N-dealkylation sites (tertiary alicyclic amines) is 1. The first-order chi connectivity index (χ1) is 12.0. The Morgan fingerprint density at radius 2 is 2.24 bits per heavy atom. The highest BCUT2D eigenvalue weighted by atomic mass is 16.5. The van der Waals surface area contributed by atoms with Crippen LogP contribution in [0.4, 0.5) is 10.5 Å². The maximum Gasteiger partial charge on any atom is 0.321 e. The molecule has 0 unspecified atom stereocenters. The summed E-state index contributed by atoms with van der Waals surface area (Å²) in [4.78, 5) is 26.5. The second-order valence-corrected chi connectivity index (χ2v) is 6.94. The summed E-state index contributed by atoms with van der Waals surface area (Å²) in [5.41, 5.74) is 1.61. The van der Waals surface area contributed by atoms with Crippen LogP contribution in [-0.2, 0) is 4.79 Å². The summed E-state index contributed by atoms with van der Waals surface area (Å²) in [7, 11) is 0. The van der Waals surface area contributed by atoms with Crippen LogP contribution in [0.3, 0.4) is 0 Å². The fraction of sp³-hybridized carbons (Fsp3) is 0.474. The van der Waals surface area contributed by atoms with Crippen molar-refractivity contribution in [2.45, 2.75) is 32.2 Å². The van der Waals surface area contributed by atoms with Gasteiger partial charge in [0.05, 0.1) is 5.92 Å². The molecular weight excluding hydrogens is 318 g/mol. The summed E-state index contributed by atoms with van der Waals surface area (Å²) in [6.07, 6.45) is 2.80. The quantitative estimate of drug-likeness (QED) is 0.826. The van der Waals surface area contributed by atoms with Gasteiger partial charge in [-0.05, 0) is 37.5 Å². The summed E-state index contributed by atoms with van der Waals surface area (Å²) in [5.74, 6) is 0.654. The number of rotatable bonds is 4. The van der Waals surface area contributed by atoms with Gasteiger partial charge in [0.1, 0.15) is 12.4 Å². The number of hydrogen-bond donors (Lipinski definition) is 2. The first-order valence-electron chi connectivity index (χ1n) is 8.75. The van der Waals surface area contributed by atoms with Crippen molar-refractivity contribution in [3.05, 3.63) is 36.4 Å². The van der Waals surface area contributed by atoms with E-state index in [-0.39, 0.29) is 23.9 Å². The lowest BCUT2D eigenvalue weighted by molar-refractivity contribution is -0.124. The molecule has 2 saturated heterocycles. The number of fused-ring (bicyclic) bond motifs is 3. The van der Waals surface area contributed by atoms with E-state index in [0.717, 1.165) is 24.8 Å². The van der Waals surface area contributed by atoms with Crippen LogP contribution >= 0.6 is 0 Å². The van der Waals surface area contributed by atoms with Crippen molar-refractivity contribution in [2.24, 2.45) is 5.92 Å². The van der Waals surface area contributed by atoms with Crippen molar-refractivity contribution >= 4 is 17.6 Å². The molecule has 6 heteroatoms. The van der Waals surface area contributed by atoms with Gasteiger partial charge in [0.15, 0.2) is 0 Å². The predicted octanol–water partition coefficient (Wildman–Crippen LogP) is 2.77. The van der Waals surface area contributed by atoms with Crippen LogP contribution < -0.4 is 15.4 Å². The van der Waals surface area contributed by atoms with Crippen molar-refractivity contribution in [3.8, 4) is 5.75 Å². The van der Waals surface area contributed by atoms with Gasteiger partial charge in [0, 0.05) is 30.9 Å². The Morgan fingerprint density at radius 1 is 1.40 bits per heavy atom. The largest absolute Gasteiger partial charge is 0.489 e. The summed E-state index contributed by atoms with van der Waals surface area (Å²) < 4.78 is 5.61. The molecule has 0 spiro atoms. The second kappa shape index (κ2) is 7.59. The zero-order valence-corrected chi connectivity index (χ0v) is 14.6. The van der Waals surface area contributed by atoms with E-state index in [0.29, 0.717) is 31.1 Å². The average molecular weight is 343 g/mol. The number of hydrogen-bond acceptors (Lipinski definition) is 3. The molecular formula is C19H25N3O3. The van der Waals surface area contributed by atoms with E-state index >= 15 is 0 Å². The van der Waals surface area contributed by atoms with Crippen LogP contribution in [0, 0.1) is 5.92 Å². The molecule has 2 N–H and O–H groups in total. The van der Waals surface area contributed by atoms with Crippen molar-refractivity contribution in [1.29, 1.82) is 0 Å². The van der Waals surface area contributed by atoms with E-state index in [4.69, 9.17) is 4.74 Å². The highest BCUT2D eigenvalue weighted by Crippen LogP contribution is 2.23. The van der Waals surface area contributed by atoms with Gasteiger partial charge >= 0.3 is 6.03 Å². The highest BCUT2D eigenvalue weighted by molar-refractivity contribution is 5.90. The van der Waals surface area contributed by atoms with Gasteiger partial charge in [-0.2, -0.15) is 0 Å². The summed E-state index contributed by atoms with van der Waals surface area (Å²) in [5, 5.41) is 5.95. The monoisotopic (exact) mass is 343 g/mol. The highest BCUT2D eigenvalue weighted by Gasteiger charge is 2.34. The van der Waals surface area contributed by atoms with Crippen LogP contribution in [0.25, 0.3) is 0 Å². The van der Waals surface area contributed by atoms with Gasteiger partial charge in [-0.25, -0.2) is 4.79 Å². The first-order valence-corrected chi connectivity index (χ1v) is 8.75. The molecule has 2 fully saturated rings. The van der Waals surface area contributed by atoms with Gasteiger partial charge in [-0.15, -0.1) is 0 Å². The van der Waals surface area contributed by atoms with Gasteiger partial charge in [0.2, 0.25) is 5.91 Å². The van der Waals surface area contributed by atoms with E-state index < -0.39 is 0 Å². The third-order valence-electron chi connectivity index (χ3n) is 4.56. The number of carbonyl (C=O) groups excluding carboxylic acids is 2. The molecule has 0 aromatic heterocycles. The maximum absolute atomic E-state index is 12.7. The Labute approximate surface area is 148 Å².